The maximum atomic E-state index is 11.8. The lowest BCUT2D eigenvalue weighted by molar-refractivity contribution is -0.217. The van der Waals surface area contributed by atoms with Gasteiger partial charge in [0.2, 0.25) is 5.91 Å². The fourth-order valence-corrected chi connectivity index (χ4v) is 1.89. The Morgan fingerprint density at radius 2 is 2.24 bits per heavy atom. The lowest BCUT2D eigenvalue weighted by atomic mass is 10.1. The summed E-state index contributed by atoms with van der Waals surface area (Å²) in [5, 5.41) is 2.80. The van der Waals surface area contributed by atoms with Crippen LogP contribution >= 0.6 is 0 Å². The molecule has 0 bridgehead atoms. The molecule has 1 heterocycles. The van der Waals surface area contributed by atoms with Crippen LogP contribution in [0.5, 0.6) is 0 Å². The molecule has 4 atom stereocenters. The van der Waals surface area contributed by atoms with Crippen molar-refractivity contribution in [2.45, 2.75) is 51.7 Å². The first-order valence-electron chi connectivity index (χ1n) is 6.96. The largest absolute Gasteiger partial charge is 0.459 e. The van der Waals surface area contributed by atoms with Crippen LogP contribution in [-0.4, -0.2) is 43.0 Å². The Balaban J connectivity index is 2.39. The highest BCUT2D eigenvalue weighted by molar-refractivity contribution is 5.87. The van der Waals surface area contributed by atoms with Crippen LogP contribution in [0, 0.1) is 0 Å². The van der Waals surface area contributed by atoms with Gasteiger partial charge >= 0.3 is 5.97 Å². The van der Waals surface area contributed by atoms with E-state index in [0.717, 1.165) is 0 Å². The summed E-state index contributed by atoms with van der Waals surface area (Å²) in [6.07, 6.45) is 4.32. The molecule has 1 rings (SSSR count). The zero-order valence-corrected chi connectivity index (χ0v) is 12.7. The molecule has 0 aromatic rings. The van der Waals surface area contributed by atoms with E-state index < -0.39 is 6.10 Å². The molecule has 0 saturated carbocycles. The van der Waals surface area contributed by atoms with Crippen LogP contribution in [0.3, 0.4) is 0 Å². The Morgan fingerprint density at radius 3 is 2.81 bits per heavy atom. The molecule has 6 heteroatoms. The Hall–Kier alpha value is -1.66. The van der Waals surface area contributed by atoms with Crippen LogP contribution in [0.2, 0.25) is 0 Å². The lowest BCUT2D eigenvalue weighted by Crippen LogP contribution is -2.51. The van der Waals surface area contributed by atoms with E-state index in [4.69, 9.17) is 14.2 Å². The normalized spacial score (nSPS) is 27.1. The van der Waals surface area contributed by atoms with Crippen molar-refractivity contribution in [1.29, 1.82) is 0 Å². The van der Waals surface area contributed by atoms with Crippen molar-refractivity contribution < 1.29 is 23.8 Å². The van der Waals surface area contributed by atoms with Gasteiger partial charge in [-0.05, 0) is 19.9 Å². The van der Waals surface area contributed by atoms with Crippen molar-refractivity contribution in [3.05, 3.63) is 24.8 Å². The average molecular weight is 297 g/mol. The Labute approximate surface area is 125 Å². The number of hydrogen-bond acceptors (Lipinski definition) is 5. The van der Waals surface area contributed by atoms with Crippen molar-refractivity contribution in [3.63, 3.8) is 0 Å². The molecule has 1 aliphatic heterocycles. The van der Waals surface area contributed by atoms with E-state index >= 15 is 0 Å². The molecule has 1 saturated heterocycles. The van der Waals surface area contributed by atoms with E-state index in [1.165, 1.54) is 19.1 Å². The van der Waals surface area contributed by atoms with Gasteiger partial charge in [-0.15, -0.1) is 6.58 Å². The first-order valence-corrected chi connectivity index (χ1v) is 6.96. The quantitative estimate of drug-likeness (QED) is 0.455. The molecule has 0 spiro atoms. The molecule has 1 aliphatic rings. The van der Waals surface area contributed by atoms with Crippen LogP contribution in [0.1, 0.15) is 27.2 Å². The van der Waals surface area contributed by atoms with Crippen molar-refractivity contribution in [2.75, 3.05) is 6.61 Å². The third kappa shape index (κ3) is 6.55. The molecular weight excluding hydrogens is 274 g/mol. The molecule has 0 aromatic carbocycles. The van der Waals surface area contributed by atoms with E-state index in [1.54, 1.807) is 13.0 Å². The zero-order chi connectivity index (χ0) is 15.8. The van der Waals surface area contributed by atoms with Gasteiger partial charge in [-0.3, -0.25) is 9.59 Å². The van der Waals surface area contributed by atoms with Gasteiger partial charge in [-0.2, -0.15) is 0 Å². The zero-order valence-electron chi connectivity index (χ0n) is 12.7. The molecule has 118 valence electrons. The second kappa shape index (κ2) is 8.59. The van der Waals surface area contributed by atoms with Crippen LogP contribution in [0.4, 0.5) is 0 Å². The van der Waals surface area contributed by atoms with Crippen molar-refractivity contribution in [2.24, 2.45) is 0 Å². The average Bonchev–Trinajstić information content (AvgIpc) is 2.39. The second-order valence-electron chi connectivity index (χ2n) is 4.92. The molecule has 6 nitrogen and oxygen atoms in total. The molecule has 1 amide bonds. The van der Waals surface area contributed by atoms with E-state index in [1.807, 2.05) is 6.92 Å². The van der Waals surface area contributed by atoms with Crippen LogP contribution < -0.4 is 5.32 Å². The summed E-state index contributed by atoms with van der Waals surface area (Å²) in [4.78, 5) is 22.5. The number of nitrogens with one attached hydrogen (secondary N) is 1. The van der Waals surface area contributed by atoms with Crippen LogP contribution in [-0.2, 0) is 23.8 Å². The number of hydrogen-bond donors (Lipinski definition) is 1. The summed E-state index contributed by atoms with van der Waals surface area (Å²) in [6.45, 7) is 8.91. The summed E-state index contributed by atoms with van der Waals surface area (Å²) in [7, 11) is 0. The van der Waals surface area contributed by atoms with Gasteiger partial charge in [0.25, 0.3) is 0 Å². The van der Waals surface area contributed by atoms with Gasteiger partial charge in [0.05, 0.1) is 18.8 Å². The van der Waals surface area contributed by atoms with E-state index in [0.29, 0.717) is 13.0 Å². The number of carbonyl (C=O) groups excluding carboxylic acids is 2. The standard InChI is InChI=1S/C15H23NO5/c1-5-6-15-19-9-13(11(3)21-15)16-14(18)8-7-10(2)20-12(4)17/h5,7-8,10-11,13,15H,1,6,9H2,2-4H3,(H,16,18)/t10-,11+,13+,15-/m0/s1. The molecule has 1 N–H and O–H groups in total. The monoisotopic (exact) mass is 297 g/mol. The van der Waals surface area contributed by atoms with Gasteiger partial charge < -0.3 is 19.5 Å². The molecule has 0 radical (unpaired) electrons. The van der Waals surface area contributed by atoms with Gasteiger partial charge in [0.1, 0.15) is 6.10 Å². The van der Waals surface area contributed by atoms with Crippen molar-refractivity contribution >= 4 is 11.9 Å². The summed E-state index contributed by atoms with van der Waals surface area (Å²) in [5.74, 6) is -0.663. The topological polar surface area (TPSA) is 73.9 Å². The minimum absolute atomic E-state index is 0.146. The number of esters is 1. The highest BCUT2D eigenvalue weighted by Crippen LogP contribution is 2.15. The Morgan fingerprint density at radius 1 is 1.52 bits per heavy atom. The molecule has 1 fully saturated rings. The summed E-state index contributed by atoms with van der Waals surface area (Å²) < 4.78 is 16.0. The summed E-state index contributed by atoms with van der Waals surface area (Å²) in [6, 6.07) is -0.216. The van der Waals surface area contributed by atoms with E-state index in [2.05, 4.69) is 11.9 Å². The van der Waals surface area contributed by atoms with Gasteiger partial charge in [-0.25, -0.2) is 0 Å². The third-order valence-electron chi connectivity index (χ3n) is 2.95. The van der Waals surface area contributed by atoms with Gasteiger partial charge in [-0.1, -0.05) is 6.08 Å². The van der Waals surface area contributed by atoms with E-state index in [-0.39, 0.29) is 30.3 Å². The number of carbonyl (C=O) groups is 2. The Bertz CT molecular complexity index is 407. The van der Waals surface area contributed by atoms with Crippen molar-refractivity contribution in [1.82, 2.24) is 5.32 Å². The fourth-order valence-electron chi connectivity index (χ4n) is 1.89. The molecule has 21 heavy (non-hydrogen) atoms. The molecule has 0 aliphatic carbocycles. The van der Waals surface area contributed by atoms with Crippen LogP contribution in [0.25, 0.3) is 0 Å². The molecular formula is C15H23NO5. The van der Waals surface area contributed by atoms with Crippen LogP contribution in [0.15, 0.2) is 24.8 Å². The minimum Gasteiger partial charge on any atom is -0.459 e. The highest BCUT2D eigenvalue weighted by atomic mass is 16.7. The summed E-state index contributed by atoms with van der Waals surface area (Å²) >= 11 is 0. The fraction of sp³-hybridized carbons (Fsp3) is 0.600. The predicted octanol–water partition coefficient (Wildman–Crippen LogP) is 1.32. The van der Waals surface area contributed by atoms with Gasteiger partial charge in [0.15, 0.2) is 6.29 Å². The maximum absolute atomic E-state index is 11.8. The Kier molecular flexibility index (Phi) is 7.11. The number of rotatable bonds is 6. The molecule has 0 aromatic heterocycles. The van der Waals surface area contributed by atoms with Gasteiger partial charge in [0, 0.05) is 19.4 Å². The maximum Gasteiger partial charge on any atom is 0.303 e. The number of ether oxygens (including phenoxy) is 3. The summed E-state index contributed by atoms with van der Waals surface area (Å²) in [5.41, 5.74) is 0. The minimum atomic E-state index is -0.443. The SMILES string of the molecule is C=CC[C@H]1OC[C@@H](NC(=O)C=C[C@H](C)OC(C)=O)[C@@H](C)O1. The van der Waals surface area contributed by atoms with Crippen molar-refractivity contribution in [3.8, 4) is 0 Å². The number of amides is 1. The lowest BCUT2D eigenvalue weighted by Gasteiger charge is -2.34. The first-order chi connectivity index (χ1) is 9.92. The predicted molar refractivity (Wildman–Crippen MR) is 77.4 cm³/mol. The third-order valence-corrected chi connectivity index (χ3v) is 2.95. The smallest absolute Gasteiger partial charge is 0.303 e. The van der Waals surface area contributed by atoms with E-state index in [9.17, 15) is 9.59 Å². The first kappa shape index (κ1) is 17.4. The second-order valence-corrected chi connectivity index (χ2v) is 4.92. The molecule has 0 unspecified atom stereocenters. The highest BCUT2D eigenvalue weighted by Gasteiger charge is 2.28.